The number of nitrogens with zero attached hydrogens (tertiary/aromatic N) is 2. The number of sulfonamides is 1. The van der Waals surface area contributed by atoms with E-state index in [1.54, 1.807) is 14.1 Å². The Morgan fingerprint density at radius 2 is 2.19 bits per heavy atom. The molecule has 1 aromatic heterocycles. The number of likely N-dealkylation sites (N-methyl/N-ethyl adjacent to an activating group) is 1. The Morgan fingerprint density at radius 3 is 2.62 bits per heavy atom. The zero-order valence-corrected chi connectivity index (χ0v) is 10.1. The quantitative estimate of drug-likeness (QED) is 0.724. The molecule has 0 aromatic carbocycles. The Labute approximate surface area is 93.9 Å². The van der Waals surface area contributed by atoms with Crippen LogP contribution in [0.15, 0.2) is 17.3 Å². The molecule has 1 rings (SSSR count). The monoisotopic (exact) mass is 246 g/mol. The number of hydrogen-bond donors (Lipinski definition) is 2. The maximum absolute atomic E-state index is 11.7. The third kappa shape index (κ3) is 2.80. The van der Waals surface area contributed by atoms with Crippen LogP contribution in [0.3, 0.4) is 0 Å². The zero-order chi connectivity index (χ0) is 12.3. The van der Waals surface area contributed by atoms with Crippen molar-refractivity contribution in [2.75, 3.05) is 14.1 Å². The van der Waals surface area contributed by atoms with Gasteiger partial charge in [0.25, 0.3) is 10.0 Å². The molecule has 90 valence electrons. The number of aromatic amines is 1. The average molecular weight is 246 g/mol. The van der Waals surface area contributed by atoms with Crippen molar-refractivity contribution in [3.63, 3.8) is 0 Å². The van der Waals surface area contributed by atoms with Crippen molar-refractivity contribution in [3.8, 4) is 0 Å². The van der Waals surface area contributed by atoms with Gasteiger partial charge in [-0.2, -0.15) is 9.82 Å². The molecule has 7 nitrogen and oxygen atoms in total. The van der Waals surface area contributed by atoms with Gasteiger partial charge >= 0.3 is 0 Å². The molecule has 0 saturated heterocycles. The van der Waals surface area contributed by atoms with Gasteiger partial charge in [-0.05, 0) is 13.0 Å². The first kappa shape index (κ1) is 12.7. The molecule has 8 heteroatoms. The summed E-state index contributed by atoms with van der Waals surface area (Å²) in [5, 5.41) is 5.80. The van der Waals surface area contributed by atoms with Crippen LogP contribution in [0.25, 0.3) is 0 Å². The number of amides is 1. The van der Waals surface area contributed by atoms with Crippen molar-refractivity contribution >= 4 is 15.9 Å². The lowest BCUT2D eigenvalue weighted by molar-refractivity contribution is -0.130. The SMILES string of the molecule is CC(NS(=O)(=O)c1ccn[nH]1)C(=O)N(C)C. The summed E-state index contributed by atoms with van der Waals surface area (Å²) in [5.41, 5.74) is 0. The number of aromatic nitrogens is 2. The van der Waals surface area contributed by atoms with Gasteiger partial charge in [0.2, 0.25) is 5.91 Å². The highest BCUT2D eigenvalue weighted by atomic mass is 32.2. The van der Waals surface area contributed by atoms with Crippen molar-refractivity contribution in [1.82, 2.24) is 19.8 Å². The van der Waals surface area contributed by atoms with E-state index in [2.05, 4.69) is 14.9 Å². The minimum absolute atomic E-state index is 0.0640. The summed E-state index contributed by atoms with van der Waals surface area (Å²) >= 11 is 0. The van der Waals surface area contributed by atoms with Gasteiger partial charge in [0.1, 0.15) is 0 Å². The molecule has 1 heterocycles. The highest BCUT2D eigenvalue weighted by Crippen LogP contribution is 2.04. The maximum Gasteiger partial charge on any atom is 0.258 e. The summed E-state index contributed by atoms with van der Waals surface area (Å²) in [4.78, 5) is 12.8. The second-order valence-electron chi connectivity index (χ2n) is 3.50. The molecule has 16 heavy (non-hydrogen) atoms. The molecule has 0 fully saturated rings. The summed E-state index contributed by atoms with van der Waals surface area (Å²) in [7, 11) is -0.593. The van der Waals surface area contributed by atoms with Gasteiger partial charge in [0.05, 0.1) is 12.2 Å². The Kier molecular flexibility index (Phi) is 3.66. The van der Waals surface area contributed by atoms with Crippen LogP contribution in [-0.4, -0.2) is 49.6 Å². The van der Waals surface area contributed by atoms with Crippen LogP contribution in [0.5, 0.6) is 0 Å². The predicted molar refractivity (Wildman–Crippen MR) is 57.1 cm³/mol. The van der Waals surface area contributed by atoms with E-state index in [1.165, 1.54) is 24.1 Å². The molecule has 0 spiro atoms. The first-order valence-corrected chi connectivity index (χ1v) is 6.06. The van der Waals surface area contributed by atoms with Gasteiger partial charge in [-0.15, -0.1) is 0 Å². The van der Waals surface area contributed by atoms with E-state index in [-0.39, 0.29) is 10.9 Å². The Balaban J connectivity index is 2.79. The van der Waals surface area contributed by atoms with Crippen molar-refractivity contribution in [1.29, 1.82) is 0 Å². The molecule has 1 atom stereocenters. The number of hydrogen-bond acceptors (Lipinski definition) is 4. The van der Waals surface area contributed by atoms with E-state index >= 15 is 0 Å². The average Bonchev–Trinajstić information content (AvgIpc) is 2.68. The smallest absolute Gasteiger partial charge is 0.258 e. The van der Waals surface area contributed by atoms with Gasteiger partial charge < -0.3 is 4.90 Å². The van der Waals surface area contributed by atoms with E-state index in [0.717, 1.165) is 0 Å². The normalized spacial score (nSPS) is 13.4. The fraction of sp³-hybridized carbons (Fsp3) is 0.500. The Hall–Kier alpha value is -1.41. The standard InChI is InChI=1S/C8H14N4O3S/c1-6(8(13)12(2)3)11-16(14,15)7-4-5-9-10-7/h4-6,11H,1-3H3,(H,9,10). The van der Waals surface area contributed by atoms with Crippen molar-refractivity contribution in [2.45, 2.75) is 18.0 Å². The lowest BCUT2D eigenvalue weighted by atomic mass is 10.3. The minimum Gasteiger partial charge on any atom is -0.347 e. The topological polar surface area (TPSA) is 95.2 Å². The van der Waals surface area contributed by atoms with Crippen LogP contribution >= 0.6 is 0 Å². The second kappa shape index (κ2) is 4.62. The van der Waals surface area contributed by atoms with Crippen LogP contribution in [0.4, 0.5) is 0 Å². The molecule has 1 aromatic rings. The number of carbonyl (C=O) groups is 1. The van der Waals surface area contributed by atoms with Gasteiger partial charge in [0.15, 0.2) is 5.03 Å². The van der Waals surface area contributed by atoms with Crippen LogP contribution in [0.1, 0.15) is 6.92 Å². The van der Waals surface area contributed by atoms with Crippen molar-refractivity contribution < 1.29 is 13.2 Å². The Bertz CT molecular complexity index is 452. The van der Waals surface area contributed by atoms with E-state index < -0.39 is 16.1 Å². The highest BCUT2D eigenvalue weighted by molar-refractivity contribution is 7.89. The molecule has 2 N–H and O–H groups in total. The van der Waals surface area contributed by atoms with Crippen LogP contribution in [0.2, 0.25) is 0 Å². The van der Waals surface area contributed by atoms with E-state index in [4.69, 9.17) is 0 Å². The van der Waals surface area contributed by atoms with E-state index in [1.807, 2.05) is 0 Å². The molecule has 0 bridgehead atoms. The van der Waals surface area contributed by atoms with E-state index in [9.17, 15) is 13.2 Å². The molecule has 0 aliphatic rings. The highest BCUT2D eigenvalue weighted by Gasteiger charge is 2.23. The lowest BCUT2D eigenvalue weighted by Crippen LogP contribution is -2.44. The first-order chi connectivity index (χ1) is 7.34. The Morgan fingerprint density at radius 1 is 1.56 bits per heavy atom. The first-order valence-electron chi connectivity index (χ1n) is 4.57. The fourth-order valence-electron chi connectivity index (χ4n) is 1.13. The number of carbonyl (C=O) groups excluding carboxylic acids is 1. The molecule has 1 amide bonds. The molecule has 0 saturated carbocycles. The largest absolute Gasteiger partial charge is 0.347 e. The molecule has 0 radical (unpaired) electrons. The molecular weight excluding hydrogens is 232 g/mol. The zero-order valence-electron chi connectivity index (χ0n) is 9.26. The number of rotatable bonds is 4. The summed E-state index contributed by atoms with van der Waals surface area (Å²) in [6, 6.07) is 0.498. The lowest BCUT2D eigenvalue weighted by Gasteiger charge is -2.17. The number of nitrogens with one attached hydrogen (secondary N) is 2. The second-order valence-corrected chi connectivity index (χ2v) is 5.18. The van der Waals surface area contributed by atoms with Crippen LogP contribution < -0.4 is 4.72 Å². The molecule has 1 unspecified atom stereocenters. The summed E-state index contributed by atoms with van der Waals surface area (Å²) < 4.78 is 25.6. The third-order valence-electron chi connectivity index (χ3n) is 1.91. The number of H-pyrrole nitrogens is 1. The van der Waals surface area contributed by atoms with Crippen molar-refractivity contribution in [2.24, 2.45) is 0 Å². The van der Waals surface area contributed by atoms with Crippen molar-refractivity contribution in [3.05, 3.63) is 12.3 Å². The van der Waals surface area contributed by atoms with Crippen LogP contribution in [0, 0.1) is 0 Å². The third-order valence-corrected chi connectivity index (χ3v) is 3.38. The van der Waals surface area contributed by atoms with E-state index in [0.29, 0.717) is 0 Å². The molecular formula is C8H14N4O3S. The molecule has 0 aliphatic carbocycles. The molecule has 0 aliphatic heterocycles. The van der Waals surface area contributed by atoms with Gasteiger partial charge in [0, 0.05) is 14.1 Å². The maximum atomic E-state index is 11.7. The fourth-order valence-corrected chi connectivity index (χ4v) is 2.23. The van der Waals surface area contributed by atoms with Gasteiger partial charge in [-0.3, -0.25) is 9.89 Å². The summed E-state index contributed by atoms with van der Waals surface area (Å²) in [6.07, 6.45) is 1.33. The summed E-state index contributed by atoms with van der Waals surface area (Å²) in [6.45, 7) is 1.48. The minimum atomic E-state index is -3.71. The summed E-state index contributed by atoms with van der Waals surface area (Å²) in [5.74, 6) is -0.317. The van der Waals surface area contributed by atoms with Crippen LogP contribution in [-0.2, 0) is 14.8 Å². The predicted octanol–water partition coefficient (Wildman–Crippen LogP) is -0.835. The van der Waals surface area contributed by atoms with Gasteiger partial charge in [-0.25, -0.2) is 8.42 Å². The van der Waals surface area contributed by atoms with Gasteiger partial charge in [-0.1, -0.05) is 0 Å².